The zero-order valence-corrected chi connectivity index (χ0v) is 13.0. The average molecular weight is 296 g/mol. The topological polar surface area (TPSA) is 82.8 Å². The van der Waals surface area contributed by atoms with Crippen molar-refractivity contribution in [1.82, 2.24) is 0 Å². The molecule has 1 unspecified atom stereocenters. The Morgan fingerprint density at radius 2 is 1.90 bits per heavy atom. The Bertz CT molecular complexity index is 463. The van der Waals surface area contributed by atoms with E-state index in [0.29, 0.717) is 30.3 Å². The highest BCUT2D eigenvalue weighted by atomic mass is 16.5. The average Bonchev–Trinajstić information content (AvgIpc) is 2.43. The highest BCUT2D eigenvalue weighted by molar-refractivity contribution is 5.95. The number of anilines is 2. The highest BCUT2D eigenvalue weighted by Crippen LogP contribution is 2.26. The van der Waals surface area contributed by atoms with Crippen LogP contribution in [0.3, 0.4) is 0 Å². The molecule has 118 valence electrons. The minimum atomic E-state index is -0.591. The van der Waals surface area contributed by atoms with Crippen LogP contribution in [0.4, 0.5) is 11.4 Å². The molecule has 0 saturated carbocycles. The molecule has 0 fully saturated rings. The molecule has 1 rings (SSSR count). The summed E-state index contributed by atoms with van der Waals surface area (Å²) in [6, 6.07) is 5.05. The number of methoxy groups -OCH3 is 1. The van der Waals surface area contributed by atoms with Crippen molar-refractivity contribution in [3.63, 3.8) is 0 Å². The maximum atomic E-state index is 12.0. The van der Waals surface area contributed by atoms with E-state index in [1.807, 2.05) is 13.8 Å². The normalized spacial score (nSPS) is 12.2. The van der Waals surface area contributed by atoms with Gasteiger partial charge in [-0.1, -0.05) is 0 Å². The molecule has 1 amide bonds. The van der Waals surface area contributed by atoms with E-state index in [4.69, 9.17) is 19.9 Å². The first kappa shape index (κ1) is 17.3. The SMILES string of the molecule is COc1ccc(N)cc1NC(=O)C(C)OCCOC(C)C. The number of ether oxygens (including phenoxy) is 3. The number of carbonyl (C=O) groups is 1. The van der Waals surface area contributed by atoms with Crippen molar-refractivity contribution in [3.05, 3.63) is 18.2 Å². The van der Waals surface area contributed by atoms with Crippen LogP contribution in [0.5, 0.6) is 5.75 Å². The first-order valence-electron chi connectivity index (χ1n) is 6.91. The lowest BCUT2D eigenvalue weighted by Gasteiger charge is -2.16. The van der Waals surface area contributed by atoms with E-state index < -0.39 is 6.10 Å². The standard InChI is InChI=1S/C15H24N2O4/c1-10(2)20-7-8-21-11(3)15(18)17-13-9-12(16)5-6-14(13)19-4/h5-6,9-11H,7-8,16H2,1-4H3,(H,17,18). The van der Waals surface area contributed by atoms with Crippen molar-refractivity contribution < 1.29 is 19.0 Å². The van der Waals surface area contributed by atoms with Crippen molar-refractivity contribution >= 4 is 17.3 Å². The van der Waals surface area contributed by atoms with Gasteiger partial charge in [0.15, 0.2) is 0 Å². The van der Waals surface area contributed by atoms with Gasteiger partial charge in [-0.25, -0.2) is 0 Å². The second kappa shape index (κ2) is 8.49. The van der Waals surface area contributed by atoms with E-state index >= 15 is 0 Å². The Kier molecular flexibility index (Phi) is 6.98. The molecule has 0 spiro atoms. The zero-order chi connectivity index (χ0) is 15.8. The molecule has 0 radical (unpaired) electrons. The van der Waals surface area contributed by atoms with Crippen LogP contribution < -0.4 is 15.8 Å². The third-order valence-corrected chi connectivity index (χ3v) is 2.75. The van der Waals surface area contributed by atoms with Crippen molar-refractivity contribution in [2.45, 2.75) is 33.0 Å². The van der Waals surface area contributed by atoms with Crippen molar-refractivity contribution in [2.24, 2.45) is 0 Å². The summed E-state index contributed by atoms with van der Waals surface area (Å²) in [5.74, 6) is 0.288. The van der Waals surface area contributed by atoms with Gasteiger partial charge in [-0.15, -0.1) is 0 Å². The molecular weight excluding hydrogens is 272 g/mol. The fourth-order valence-electron chi connectivity index (χ4n) is 1.64. The maximum absolute atomic E-state index is 12.0. The van der Waals surface area contributed by atoms with Crippen LogP contribution in [-0.2, 0) is 14.3 Å². The van der Waals surface area contributed by atoms with Gasteiger partial charge in [0.1, 0.15) is 11.9 Å². The summed E-state index contributed by atoms with van der Waals surface area (Å²) in [5, 5.41) is 2.74. The van der Waals surface area contributed by atoms with Gasteiger partial charge < -0.3 is 25.3 Å². The third-order valence-electron chi connectivity index (χ3n) is 2.75. The summed E-state index contributed by atoms with van der Waals surface area (Å²) < 4.78 is 15.9. The van der Waals surface area contributed by atoms with E-state index in [1.54, 1.807) is 25.1 Å². The molecule has 6 nitrogen and oxygen atoms in total. The lowest BCUT2D eigenvalue weighted by molar-refractivity contribution is -0.127. The van der Waals surface area contributed by atoms with E-state index in [9.17, 15) is 4.79 Å². The molecule has 0 aliphatic carbocycles. The van der Waals surface area contributed by atoms with E-state index in [2.05, 4.69) is 5.32 Å². The second-order valence-electron chi connectivity index (χ2n) is 4.88. The molecule has 0 aliphatic rings. The summed E-state index contributed by atoms with van der Waals surface area (Å²) in [6.45, 7) is 6.39. The Morgan fingerprint density at radius 1 is 1.24 bits per heavy atom. The van der Waals surface area contributed by atoms with Gasteiger partial charge in [0.2, 0.25) is 0 Å². The number of nitrogens with one attached hydrogen (secondary N) is 1. The smallest absolute Gasteiger partial charge is 0.253 e. The van der Waals surface area contributed by atoms with Crippen LogP contribution in [0.25, 0.3) is 0 Å². The summed E-state index contributed by atoms with van der Waals surface area (Å²) in [6.07, 6.45) is -0.443. The molecule has 0 aliphatic heterocycles. The molecule has 1 aromatic rings. The van der Waals surface area contributed by atoms with Gasteiger partial charge in [-0.2, -0.15) is 0 Å². The molecule has 0 heterocycles. The van der Waals surface area contributed by atoms with Crippen LogP contribution in [-0.4, -0.2) is 38.4 Å². The van der Waals surface area contributed by atoms with Crippen molar-refractivity contribution in [3.8, 4) is 5.75 Å². The fraction of sp³-hybridized carbons (Fsp3) is 0.533. The molecular formula is C15H24N2O4. The summed E-state index contributed by atoms with van der Waals surface area (Å²) >= 11 is 0. The number of rotatable bonds is 8. The summed E-state index contributed by atoms with van der Waals surface area (Å²) in [5.41, 5.74) is 6.78. The van der Waals surface area contributed by atoms with Gasteiger partial charge in [0.05, 0.1) is 32.1 Å². The van der Waals surface area contributed by atoms with E-state index in [0.717, 1.165) is 0 Å². The number of benzene rings is 1. The van der Waals surface area contributed by atoms with E-state index in [-0.39, 0.29) is 12.0 Å². The molecule has 0 saturated heterocycles. The monoisotopic (exact) mass is 296 g/mol. The van der Waals surface area contributed by atoms with Crippen LogP contribution in [0, 0.1) is 0 Å². The number of hydrogen-bond donors (Lipinski definition) is 2. The fourth-order valence-corrected chi connectivity index (χ4v) is 1.64. The lowest BCUT2D eigenvalue weighted by Crippen LogP contribution is -2.29. The molecule has 6 heteroatoms. The molecule has 1 atom stereocenters. The van der Waals surface area contributed by atoms with Crippen LogP contribution in [0.15, 0.2) is 18.2 Å². The van der Waals surface area contributed by atoms with Gasteiger partial charge in [-0.3, -0.25) is 4.79 Å². The highest BCUT2D eigenvalue weighted by Gasteiger charge is 2.15. The van der Waals surface area contributed by atoms with Gasteiger partial charge in [0.25, 0.3) is 5.91 Å². The Labute approximate surface area is 125 Å². The molecule has 3 N–H and O–H groups in total. The van der Waals surface area contributed by atoms with Crippen molar-refractivity contribution in [1.29, 1.82) is 0 Å². The Balaban J connectivity index is 2.50. The Morgan fingerprint density at radius 3 is 2.52 bits per heavy atom. The predicted octanol–water partition coefficient (Wildman–Crippen LogP) is 2.05. The van der Waals surface area contributed by atoms with Crippen LogP contribution in [0.1, 0.15) is 20.8 Å². The van der Waals surface area contributed by atoms with Crippen LogP contribution >= 0.6 is 0 Å². The number of hydrogen-bond acceptors (Lipinski definition) is 5. The quantitative estimate of drug-likeness (QED) is 0.566. The molecule has 0 bridgehead atoms. The molecule has 21 heavy (non-hydrogen) atoms. The third kappa shape index (κ3) is 6.01. The maximum Gasteiger partial charge on any atom is 0.253 e. The lowest BCUT2D eigenvalue weighted by atomic mass is 10.2. The van der Waals surface area contributed by atoms with Crippen LogP contribution in [0.2, 0.25) is 0 Å². The second-order valence-corrected chi connectivity index (χ2v) is 4.88. The molecule has 1 aromatic carbocycles. The largest absolute Gasteiger partial charge is 0.495 e. The van der Waals surface area contributed by atoms with Crippen molar-refractivity contribution in [2.75, 3.05) is 31.4 Å². The summed E-state index contributed by atoms with van der Waals surface area (Å²) in [7, 11) is 1.53. The molecule has 0 aromatic heterocycles. The number of amides is 1. The van der Waals surface area contributed by atoms with E-state index in [1.165, 1.54) is 7.11 Å². The Hall–Kier alpha value is -1.79. The summed E-state index contributed by atoms with van der Waals surface area (Å²) in [4.78, 5) is 12.0. The number of nitrogen functional groups attached to an aromatic ring is 1. The first-order chi connectivity index (χ1) is 9.93. The first-order valence-corrected chi connectivity index (χ1v) is 6.91. The zero-order valence-electron chi connectivity index (χ0n) is 13.0. The predicted molar refractivity (Wildman–Crippen MR) is 82.5 cm³/mol. The minimum absolute atomic E-state index is 0.147. The van der Waals surface area contributed by atoms with Gasteiger partial charge in [-0.05, 0) is 39.0 Å². The number of carbonyl (C=O) groups excluding carboxylic acids is 1. The minimum Gasteiger partial charge on any atom is -0.495 e. The van der Waals surface area contributed by atoms with Gasteiger partial charge >= 0.3 is 0 Å². The van der Waals surface area contributed by atoms with Gasteiger partial charge in [0, 0.05) is 5.69 Å². The number of nitrogens with two attached hydrogens (primary N) is 1.